The maximum absolute atomic E-state index is 13.2. The van der Waals surface area contributed by atoms with Crippen molar-refractivity contribution in [3.63, 3.8) is 0 Å². The Morgan fingerprint density at radius 3 is 2.52 bits per heavy atom. The van der Waals surface area contributed by atoms with Crippen LogP contribution in [0.5, 0.6) is 0 Å². The molecule has 2 aromatic heterocycles. The number of carbonyl (C=O) groups excluding carboxylic acids is 2. The molecule has 2 N–H and O–H groups in total. The van der Waals surface area contributed by atoms with Crippen molar-refractivity contribution in [1.29, 1.82) is 0 Å². The lowest BCUT2D eigenvalue weighted by atomic mass is 9.99. The summed E-state index contributed by atoms with van der Waals surface area (Å²) in [6.45, 7) is 3.77. The highest BCUT2D eigenvalue weighted by Crippen LogP contribution is 2.27. The van der Waals surface area contributed by atoms with Gasteiger partial charge in [-0.25, -0.2) is 4.39 Å². The van der Waals surface area contributed by atoms with E-state index in [0.29, 0.717) is 23.9 Å². The number of ketones is 1. The zero-order valence-corrected chi connectivity index (χ0v) is 14.0. The number of halogens is 1. The fourth-order valence-electron chi connectivity index (χ4n) is 3.11. The van der Waals surface area contributed by atoms with E-state index in [1.807, 2.05) is 24.4 Å². The van der Waals surface area contributed by atoms with Gasteiger partial charge in [0.15, 0.2) is 0 Å². The van der Waals surface area contributed by atoms with Gasteiger partial charge in [0.05, 0.1) is 23.0 Å². The molecule has 3 rings (SSSR count). The topological polar surface area (TPSA) is 77.5 Å². The molecule has 0 bridgehead atoms. The van der Waals surface area contributed by atoms with Crippen LogP contribution in [0.25, 0.3) is 5.52 Å². The van der Waals surface area contributed by atoms with E-state index in [2.05, 4.69) is 4.98 Å². The lowest BCUT2D eigenvalue weighted by Crippen LogP contribution is -2.24. The van der Waals surface area contributed by atoms with E-state index in [9.17, 15) is 14.0 Å². The third-order valence-electron chi connectivity index (χ3n) is 4.25. The molecule has 0 saturated carbocycles. The summed E-state index contributed by atoms with van der Waals surface area (Å²) in [6, 6.07) is 6.22. The average Bonchev–Trinajstić information content (AvgIpc) is 2.88. The molecule has 3 aromatic rings. The summed E-state index contributed by atoms with van der Waals surface area (Å²) in [4.78, 5) is 28.1. The Hall–Kier alpha value is -3.02. The number of rotatable bonds is 5. The van der Waals surface area contributed by atoms with Gasteiger partial charge < -0.3 is 10.1 Å². The van der Waals surface area contributed by atoms with Crippen molar-refractivity contribution in [3.8, 4) is 0 Å². The first-order chi connectivity index (χ1) is 11.9. The zero-order valence-electron chi connectivity index (χ0n) is 14.0. The van der Waals surface area contributed by atoms with Gasteiger partial charge in [-0.05, 0) is 36.6 Å². The average molecular weight is 339 g/mol. The van der Waals surface area contributed by atoms with Gasteiger partial charge >= 0.3 is 0 Å². The Labute approximate surface area is 144 Å². The number of carbonyl (C=O) groups is 2. The minimum atomic E-state index is -0.990. The number of nitrogens with two attached hydrogens (primary N) is 1. The maximum Gasteiger partial charge on any atom is 0.289 e. The highest BCUT2D eigenvalue weighted by atomic mass is 19.1. The number of aromatic nitrogens is 2. The molecule has 0 unspecified atom stereocenters. The predicted molar refractivity (Wildman–Crippen MR) is 92.0 cm³/mol. The summed E-state index contributed by atoms with van der Waals surface area (Å²) in [5, 5.41) is 0. The lowest BCUT2D eigenvalue weighted by Gasteiger charge is -2.07. The largest absolute Gasteiger partial charge is 0.363 e. The smallest absolute Gasteiger partial charge is 0.289 e. The van der Waals surface area contributed by atoms with Crippen LogP contribution in [0.3, 0.4) is 0 Å². The van der Waals surface area contributed by atoms with Crippen LogP contribution < -0.4 is 5.73 Å². The van der Waals surface area contributed by atoms with Crippen LogP contribution in [0.2, 0.25) is 0 Å². The monoisotopic (exact) mass is 339 g/mol. The van der Waals surface area contributed by atoms with E-state index in [4.69, 9.17) is 5.73 Å². The van der Waals surface area contributed by atoms with E-state index < -0.39 is 11.7 Å². The van der Waals surface area contributed by atoms with Gasteiger partial charge in [0.2, 0.25) is 0 Å². The molecule has 6 heteroatoms. The number of hydrogen-bond donors (Lipinski definition) is 1. The van der Waals surface area contributed by atoms with Crippen LogP contribution in [0.4, 0.5) is 4.39 Å². The van der Waals surface area contributed by atoms with Crippen LogP contribution in [0.1, 0.15) is 39.8 Å². The Balaban J connectivity index is 2.25. The predicted octanol–water partition coefficient (Wildman–Crippen LogP) is 2.60. The van der Waals surface area contributed by atoms with E-state index in [0.717, 1.165) is 22.5 Å². The second-order valence-corrected chi connectivity index (χ2v) is 5.93. The fraction of sp³-hybridized carbons (Fsp3) is 0.211. The summed E-state index contributed by atoms with van der Waals surface area (Å²) in [6.07, 6.45) is 4.47. The quantitative estimate of drug-likeness (QED) is 0.573. The molecule has 0 aliphatic rings. The van der Waals surface area contributed by atoms with Gasteiger partial charge in [-0.15, -0.1) is 0 Å². The van der Waals surface area contributed by atoms with Crippen molar-refractivity contribution in [1.82, 2.24) is 9.38 Å². The lowest BCUT2D eigenvalue weighted by molar-refractivity contribution is -0.114. The minimum absolute atomic E-state index is 0.302. The van der Waals surface area contributed by atoms with Crippen LogP contribution in [-0.4, -0.2) is 21.1 Å². The highest BCUT2D eigenvalue weighted by molar-refractivity contribution is 6.44. The van der Waals surface area contributed by atoms with Crippen molar-refractivity contribution in [3.05, 3.63) is 70.6 Å². The first-order valence-electron chi connectivity index (χ1n) is 7.99. The minimum Gasteiger partial charge on any atom is -0.363 e. The van der Waals surface area contributed by atoms with E-state index in [1.165, 1.54) is 12.1 Å². The number of Topliss-reactive ketones (excluding diaryl/α,β-unsaturated/α-hetero) is 1. The number of amides is 1. The first-order valence-corrected chi connectivity index (χ1v) is 7.99. The van der Waals surface area contributed by atoms with Crippen LogP contribution in [0, 0.1) is 12.7 Å². The van der Waals surface area contributed by atoms with Gasteiger partial charge in [0.1, 0.15) is 5.82 Å². The summed E-state index contributed by atoms with van der Waals surface area (Å²) in [5.41, 5.74) is 9.42. The van der Waals surface area contributed by atoms with E-state index >= 15 is 0 Å². The Kier molecular flexibility index (Phi) is 4.35. The summed E-state index contributed by atoms with van der Waals surface area (Å²) >= 11 is 0. The van der Waals surface area contributed by atoms with Crippen molar-refractivity contribution in [2.75, 3.05) is 0 Å². The number of aryl methyl sites for hydroxylation is 1. The molecule has 0 atom stereocenters. The number of hydrogen-bond acceptors (Lipinski definition) is 3. The van der Waals surface area contributed by atoms with Crippen molar-refractivity contribution < 1.29 is 14.0 Å². The third-order valence-corrected chi connectivity index (χ3v) is 4.25. The SMILES string of the molecule is CCc1c(C(=O)C(N)=O)c2cnc(C)cn2c1Cc1ccc(F)cc1. The Bertz CT molecular complexity index is 974. The highest BCUT2D eigenvalue weighted by Gasteiger charge is 2.25. The van der Waals surface area contributed by atoms with Crippen LogP contribution in [-0.2, 0) is 17.6 Å². The van der Waals surface area contributed by atoms with Gasteiger partial charge in [0, 0.05) is 18.3 Å². The molecule has 0 aliphatic carbocycles. The summed E-state index contributed by atoms with van der Waals surface area (Å²) in [5.74, 6) is -2.01. The molecule has 0 spiro atoms. The molecule has 2 heterocycles. The molecule has 25 heavy (non-hydrogen) atoms. The van der Waals surface area contributed by atoms with Crippen LogP contribution in [0.15, 0.2) is 36.7 Å². The number of benzene rings is 1. The molecule has 1 aromatic carbocycles. The second-order valence-electron chi connectivity index (χ2n) is 5.93. The molecule has 128 valence electrons. The fourth-order valence-corrected chi connectivity index (χ4v) is 3.11. The van der Waals surface area contributed by atoms with Gasteiger partial charge in [0.25, 0.3) is 11.7 Å². The van der Waals surface area contributed by atoms with E-state index in [1.54, 1.807) is 18.3 Å². The molecule has 1 amide bonds. The van der Waals surface area contributed by atoms with Crippen molar-refractivity contribution in [2.24, 2.45) is 5.73 Å². The molecule has 0 radical (unpaired) electrons. The molecule has 0 fully saturated rings. The Morgan fingerprint density at radius 1 is 1.24 bits per heavy atom. The second kappa shape index (κ2) is 6.47. The number of nitrogens with zero attached hydrogens (tertiary/aromatic N) is 2. The molecule has 5 nitrogen and oxygen atoms in total. The maximum atomic E-state index is 13.2. The number of primary amides is 1. The summed E-state index contributed by atoms with van der Waals surface area (Å²) < 4.78 is 15.0. The van der Waals surface area contributed by atoms with E-state index in [-0.39, 0.29) is 5.82 Å². The standard InChI is InChI=1S/C19H18FN3O2/c1-3-14-15(8-12-4-6-13(20)7-5-12)23-10-11(2)22-9-16(23)17(14)18(24)19(21)25/h4-7,9-10H,3,8H2,1-2H3,(H2,21,25). The first kappa shape index (κ1) is 16.8. The molecular formula is C19H18FN3O2. The van der Waals surface area contributed by atoms with Crippen molar-refractivity contribution in [2.45, 2.75) is 26.7 Å². The molecule has 0 aliphatic heterocycles. The normalized spacial score (nSPS) is 11.0. The number of fused-ring (bicyclic) bond motifs is 1. The van der Waals surface area contributed by atoms with Gasteiger partial charge in [-0.1, -0.05) is 19.1 Å². The van der Waals surface area contributed by atoms with Crippen molar-refractivity contribution >= 4 is 17.2 Å². The Morgan fingerprint density at radius 2 is 1.92 bits per heavy atom. The zero-order chi connectivity index (χ0) is 18.1. The van der Waals surface area contributed by atoms with Crippen LogP contribution >= 0.6 is 0 Å². The van der Waals surface area contributed by atoms with Gasteiger partial charge in [-0.3, -0.25) is 14.6 Å². The molecule has 0 saturated heterocycles. The van der Waals surface area contributed by atoms with Gasteiger partial charge in [-0.2, -0.15) is 0 Å². The third kappa shape index (κ3) is 3.03. The summed E-state index contributed by atoms with van der Waals surface area (Å²) in [7, 11) is 0. The molecular weight excluding hydrogens is 321 g/mol.